The zero-order valence-electron chi connectivity index (χ0n) is 14.3. The molecule has 4 aromatic rings. The van der Waals surface area contributed by atoms with Crippen LogP contribution in [0.3, 0.4) is 0 Å². The summed E-state index contributed by atoms with van der Waals surface area (Å²) in [5.74, 6) is 0.314. The largest absolute Gasteiger partial charge is 0.456 e. The zero-order chi connectivity index (χ0) is 19.5. The molecule has 2 N–H and O–H groups in total. The van der Waals surface area contributed by atoms with Crippen LogP contribution >= 0.6 is 0 Å². The van der Waals surface area contributed by atoms with Gasteiger partial charge in [-0.2, -0.15) is 5.10 Å². The summed E-state index contributed by atoms with van der Waals surface area (Å²) in [6, 6.07) is 15.5. The number of hydrogen-bond donors (Lipinski definition) is 2. The second-order valence-electron chi connectivity index (χ2n) is 5.84. The Morgan fingerprint density at radius 3 is 2.39 bits per heavy atom. The van der Waals surface area contributed by atoms with Crippen molar-refractivity contribution in [3.05, 3.63) is 88.7 Å². The van der Waals surface area contributed by atoms with E-state index in [9.17, 15) is 14.0 Å². The molecule has 138 valence electrons. The summed E-state index contributed by atoms with van der Waals surface area (Å²) in [7, 11) is 0. The number of benzene rings is 2. The van der Waals surface area contributed by atoms with Crippen molar-refractivity contribution >= 4 is 22.5 Å². The number of rotatable bonds is 4. The lowest BCUT2D eigenvalue weighted by Gasteiger charge is -2.08. The third-order valence-corrected chi connectivity index (χ3v) is 3.94. The Kier molecular flexibility index (Phi) is 4.51. The summed E-state index contributed by atoms with van der Waals surface area (Å²) >= 11 is 0. The molecule has 0 radical (unpaired) electrons. The van der Waals surface area contributed by atoms with Gasteiger partial charge in [0.1, 0.15) is 23.1 Å². The van der Waals surface area contributed by atoms with Gasteiger partial charge in [0, 0.05) is 5.39 Å². The van der Waals surface area contributed by atoms with Crippen molar-refractivity contribution in [2.24, 2.45) is 0 Å². The number of H-pyrrole nitrogens is 1. The first-order chi connectivity index (χ1) is 13.6. The molecule has 8 heteroatoms. The molecular weight excluding hydrogens is 363 g/mol. The van der Waals surface area contributed by atoms with Gasteiger partial charge in [0.25, 0.3) is 11.5 Å². The van der Waals surface area contributed by atoms with Crippen LogP contribution in [-0.2, 0) is 0 Å². The first-order valence-electron chi connectivity index (χ1n) is 8.28. The van der Waals surface area contributed by atoms with Crippen molar-refractivity contribution in [3.8, 4) is 11.5 Å². The van der Waals surface area contributed by atoms with Crippen molar-refractivity contribution in [3.63, 3.8) is 0 Å². The number of ether oxygens (including phenoxy) is 1. The first kappa shape index (κ1) is 17.3. The van der Waals surface area contributed by atoms with Crippen molar-refractivity contribution in [2.45, 2.75) is 0 Å². The zero-order valence-corrected chi connectivity index (χ0v) is 14.3. The van der Waals surface area contributed by atoms with Gasteiger partial charge >= 0.3 is 0 Å². The highest BCUT2D eigenvalue weighted by atomic mass is 19.1. The standard InChI is InChI=1S/C20H13FN4O3/c21-12-5-7-13(8-6-12)28-14-9-10-17(22-11-14)23-20(27)18-15-3-1-2-4-16(15)19(26)25-24-18/h1-11H,(H,25,26)(H,22,23,27). The Morgan fingerprint density at radius 2 is 1.68 bits per heavy atom. The Morgan fingerprint density at radius 1 is 0.964 bits per heavy atom. The van der Waals surface area contributed by atoms with Crippen LogP contribution in [0.4, 0.5) is 10.2 Å². The SMILES string of the molecule is O=C(Nc1ccc(Oc2ccc(F)cc2)cn1)c1n[nH]c(=O)c2ccccc12. The van der Waals surface area contributed by atoms with Crippen LogP contribution in [0.2, 0.25) is 0 Å². The smallest absolute Gasteiger partial charge is 0.277 e. The lowest BCUT2D eigenvalue weighted by atomic mass is 10.1. The highest BCUT2D eigenvalue weighted by Gasteiger charge is 2.14. The number of amides is 1. The van der Waals surface area contributed by atoms with Gasteiger partial charge in [0.05, 0.1) is 11.6 Å². The van der Waals surface area contributed by atoms with E-state index in [1.807, 2.05) is 0 Å². The molecule has 2 heterocycles. The number of carbonyl (C=O) groups is 1. The third kappa shape index (κ3) is 3.56. The predicted molar refractivity (Wildman–Crippen MR) is 101 cm³/mol. The fraction of sp³-hybridized carbons (Fsp3) is 0. The molecule has 2 aromatic carbocycles. The average Bonchev–Trinajstić information content (AvgIpc) is 2.71. The van der Waals surface area contributed by atoms with Crippen LogP contribution in [0, 0.1) is 5.82 Å². The molecule has 4 rings (SSSR count). The number of aromatic amines is 1. The molecule has 2 aromatic heterocycles. The Hall–Kier alpha value is -4.07. The van der Waals surface area contributed by atoms with E-state index >= 15 is 0 Å². The topological polar surface area (TPSA) is 97.0 Å². The number of hydrogen-bond acceptors (Lipinski definition) is 5. The Labute approximate surface area is 157 Å². The fourth-order valence-electron chi connectivity index (χ4n) is 2.62. The van der Waals surface area contributed by atoms with Crippen molar-refractivity contribution in [2.75, 3.05) is 5.32 Å². The van der Waals surface area contributed by atoms with Gasteiger partial charge in [-0.15, -0.1) is 0 Å². The molecule has 0 unspecified atom stereocenters. The molecule has 0 aliphatic heterocycles. The van der Waals surface area contributed by atoms with Gasteiger partial charge in [-0.3, -0.25) is 9.59 Å². The molecule has 0 saturated carbocycles. The van der Waals surface area contributed by atoms with Crippen LogP contribution in [0.15, 0.2) is 71.7 Å². The highest BCUT2D eigenvalue weighted by molar-refractivity contribution is 6.10. The summed E-state index contributed by atoms with van der Waals surface area (Å²) in [6.07, 6.45) is 1.43. The van der Waals surface area contributed by atoms with Gasteiger partial charge < -0.3 is 10.1 Å². The summed E-state index contributed by atoms with van der Waals surface area (Å²) in [5, 5.41) is 9.61. The van der Waals surface area contributed by atoms with Gasteiger partial charge in [-0.05, 0) is 42.5 Å². The number of fused-ring (bicyclic) bond motifs is 1. The van der Waals surface area contributed by atoms with Gasteiger partial charge in [0.15, 0.2) is 5.69 Å². The molecule has 1 amide bonds. The van der Waals surface area contributed by atoms with Gasteiger partial charge in [0.2, 0.25) is 0 Å². The monoisotopic (exact) mass is 376 g/mol. The van der Waals surface area contributed by atoms with Crippen molar-refractivity contribution < 1.29 is 13.9 Å². The van der Waals surface area contributed by atoms with Crippen LogP contribution in [0.25, 0.3) is 10.8 Å². The molecule has 0 aliphatic carbocycles. The average molecular weight is 376 g/mol. The van der Waals surface area contributed by atoms with E-state index in [0.717, 1.165) is 0 Å². The number of nitrogens with zero attached hydrogens (tertiary/aromatic N) is 2. The summed E-state index contributed by atoms with van der Waals surface area (Å²) < 4.78 is 18.5. The molecule has 28 heavy (non-hydrogen) atoms. The number of nitrogens with one attached hydrogen (secondary N) is 2. The lowest BCUT2D eigenvalue weighted by molar-refractivity contribution is 0.102. The normalized spacial score (nSPS) is 10.6. The number of aromatic nitrogens is 3. The number of halogens is 1. The van der Waals surface area contributed by atoms with E-state index in [2.05, 4.69) is 20.5 Å². The number of anilines is 1. The molecule has 0 bridgehead atoms. The van der Waals surface area contributed by atoms with E-state index in [0.29, 0.717) is 22.3 Å². The molecule has 0 aliphatic rings. The summed E-state index contributed by atoms with van der Waals surface area (Å²) in [6.45, 7) is 0. The minimum Gasteiger partial charge on any atom is -0.456 e. The number of carbonyl (C=O) groups excluding carboxylic acids is 1. The Balaban J connectivity index is 1.52. The fourth-order valence-corrected chi connectivity index (χ4v) is 2.62. The van der Waals surface area contributed by atoms with E-state index in [-0.39, 0.29) is 22.9 Å². The van der Waals surface area contributed by atoms with Gasteiger partial charge in [-0.1, -0.05) is 18.2 Å². The maximum absolute atomic E-state index is 12.9. The van der Waals surface area contributed by atoms with E-state index in [1.54, 1.807) is 36.4 Å². The first-order valence-corrected chi connectivity index (χ1v) is 8.28. The Bertz CT molecular complexity index is 1200. The molecule has 0 fully saturated rings. The van der Waals surface area contributed by atoms with Crippen LogP contribution in [0.1, 0.15) is 10.5 Å². The summed E-state index contributed by atoms with van der Waals surface area (Å²) in [5.41, 5.74) is -0.281. The van der Waals surface area contributed by atoms with Crippen molar-refractivity contribution in [1.29, 1.82) is 0 Å². The minimum atomic E-state index is -0.507. The quantitative estimate of drug-likeness (QED) is 0.568. The lowest BCUT2D eigenvalue weighted by Crippen LogP contribution is -2.19. The van der Waals surface area contributed by atoms with Gasteiger partial charge in [-0.25, -0.2) is 14.5 Å². The van der Waals surface area contributed by atoms with Crippen molar-refractivity contribution in [1.82, 2.24) is 15.2 Å². The van der Waals surface area contributed by atoms with E-state index < -0.39 is 5.91 Å². The van der Waals surface area contributed by atoms with E-state index in [1.165, 1.54) is 30.5 Å². The second-order valence-corrected chi connectivity index (χ2v) is 5.84. The minimum absolute atomic E-state index is 0.0867. The number of pyridine rings is 1. The van der Waals surface area contributed by atoms with Crippen LogP contribution < -0.4 is 15.6 Å². The molecular formula is C20H13FN4O3. The van der Waals surface area contributed by atoms with Crippen LogP contribution in [0.5, 0.6) is 11.5 Å². The highest BCUT2D eigenvalue weighted by Crippen LogP contribution is 2.22. The molecule has 0 saturated heterocycles. The van der Waals surface area contributed by atoms with E-state index in [4.69, 9.17) is 4.74 Å². The predicted octanol–water partition coefficient (Wildman–Crippen LogP) is 3.50. The third-order valence-electron chi connectivity index (χ3n) is 3.94. The summed E-state index contributed by atoms with van der Waals surface area (Å²) in [4.78, 5) is 28.5. The maximum atomic E-state index is 12.9. The molecule has 7 nitrogen and oxygen atoms in total. The molecule has 0 atom stereocenters. The molecule has 0 spiro atoms. The maximum Gasteiger partial charge on any atom is 0.277 e. The van der Waals surface area contributed by atoms with Crippen LogP contribution in [-0.4, -0.2) is 21.1 Å². The second kappa shape index (κ2) is 7.28.